The lowest BCUT2D eigenvalue weighted by Gasteiger charge is -2.25. The molecule has 5 nitrogen and oxygen atoms in total. The van der Waals surface area contributed by atoms with Gasteiger partial charge in [-0.05, 0) is 18.8 Å². The second-order valence-corrected chi connectivity index (χ2v) is 7.20. The van der Waals surface area contributed by atoms with E-state index >= 15 is 0 Å². The highest BCUT2D eigenvalue weighted by Crippen LogP contribution is 2.20. The summed E-state index contributed by atoms with van der Waals surface area (Å²) in [4.78, 5) is 11.9. The molecule has 2 atom stereocenters. The van der Waals surface area contributed by atoms with Crippen LogP contribution in [0.1, 0.15) is 33.1 Å². The van der Waals surface area contributed by atoms with E-state index in [0.29, 0.717) is 12.8 Å². The molecule has 0 aromatic heterocycles. The van der Waals surface area contributed by atoms with E-state index in [9.17, 15) is 13.2 Å². The lowest BCUT2D eigenvalue weighted by molar-refractivity contribution is -0.122. The number of carbonyl (C=O) groups excluding carboxylic acids is 1. The molecule has 1 fully saturated rings. The number of nitrogens with one attached hydrogen (secondary N) is 1. The quantitative estimate of drug-likeness (QED) is 0.753. The highest BCUT2D eigenvalue weighted by atomic mass is 32.2. The van der Waals surface area contributed by atoms with Crippen LogP contribution in [0.3, 0.4) is 0 Å². The molecule has 1 aliphatic rings. The molecule has 100 valence electrons. The summed E-state index contributed by atoms with van der Waals surface area (Å²) in [6.07, 6.45) is 1.80. The molecule has 0 spiro atoms. The number of sulfone groups is 1. The standard InChI is InChI=1S/C11H21NO4S/c1-8(2)9(7-13)12-11(14)10-5-3-4-6-17(10,15)16/h8-10,13H,3-7H2,1-2H3,(H,12,14)/t9-,10?/m1/s1. The Morgan fingerprint density at radius 1 is 1.41 bits per heavy atom. The summed E-state index contributed by atoms with van der Waals surface area (Å²) in [6, 6.07) is -0.375. The second-order valence-electron chi connectivity index (χ2n) is 4.89. The van der Waals surface area contributed by atoms with E-state index in [2.05, 4.69) is 5.32 Å². The molecule has 1 unspecified atom stereocenters. The summed E-state index contributed by atoms with van der Waals surface area (Å²) < 4.78 is 23.5. The predicted molar refractivity (Wildman–Crippen MR) is 65.3 cm³/mol. The predicted octanol–water partition coefficient (Wildman–Crippen LogP) is 0.0868. The number of hydrogen-bond donors (Lipinski definition) is 2. The van der Waals surface area contributed by atoms with Crippen LogP contribution in [0.5, 0.6) is 0 Å². The fraction of sp³-hybridized carbons (Fsp3) is 0.909. The minimum absolute atomic E-state index is 0.0789. The van der Waals surface area contributed by atoms with E-state index < -0.39 is 21.0 Å². The van der Waals surface area contributed by atoms with E-state index in [4.69, 9.17) is 5.11 Å². The normalized spacial score (nSPS) is 25.5. The largest absolute Gasteiger partial charge is 0.394 e. The lowest BCUT2D eigenvalue weighted by atomic mass is 10.0. The molecule has 17 heavy (non-hydrogen) atoms. The first-order chi connectivity index (χ1) is 7.88. The monoisotopic (exact) mass is 263 g/mol. The van der Waals surface area contributed by atoms with Crippen molar-refractivity contribution in [1.29, 1.82) is 0 Å². The second kappa shape index (κ2) is 5.82. The van der Waals surface area contributed by atoms with Crippen molar-refractivity contribution >= 4 is 15.7 Å². The van der Waals surface area contributed by atoms with Crippen LogP contribution < -0.4 is 5.32 Å². The van der Waals surface area contributed by atoms with E-state index in [1.165, 1.54) is 0 Å². The van der Waals surface area contributed by atoms with Crippen LogP contribution in [0.15, 0.2) is 0 Å². The van der Waals surface area contributed by atoms with Crippen molar-refractivity contribution < 1.29 is 18.3 Å². The van der Waals surface area contributed by atoms with Crippen molar-refractivity contribution in [2.45, 2.75) is 44.4 Å². The maximum atomic E-state index is 11.9. The summed E-state index contributed by atoms with van der Waals surface area (Å²) >= 11 is 0. The molecule has 1 amide bonds. The van der Waals surface area contributed by atoms with Gasteiger partial charge in [0.2, 0.25) is 5.91 Å². The summed E-state index contributed by atoms with van der Waals surface area (Å²) in [7, 11) is -3.30. The average Bonchev–Trinajstić information content (AvgIpc) is 2.24. The maximum Gasteiger partial charge on any atom is 0.238 e. The van der Waals surface area contributed by atoms with Gasteiger partial charge >= 0.3 is 0 Å². The van der Waals surface area contributed by atoms with Crippen LogP contribution in [0.4, 0.5) is 0 Å². The molecule has 1 rings (SSSR count). The van der Waals surface area contributed by atoms with Gasteiger partial charge in [-0.2, -0.15) is 0 Å². The highest BCUT2D eigenvalue weighted by Gasteiger charge is 2.35. The van der Waals surface area contributed by atoms with Gasteiger partial charge in [0.05, 0.1) is 18.4 Å². The van der Waals surface area contributed by atoms with Crippen LogP contribution in [0, 0.1) is 5.92 Å². The molecule has 0 radical (unpaired) electrons. The summed E-state index contributed by atoms with van der Waals surface area (Å²) in [6.45, 7) is 3.57. The molecule has 0 aliphatic carbocycles. The van der Waals surface area contributed by atoms with Crippen LogP contribution in [-0.4, -0.2) is 43.1 Å². The van der Waals surface area contributed by atoms with Crippen molar-refractivity contribution in [2.75, 3.05) is 12.4 Å². The first kappa shape index (κ1) is 14.4. The number of carbonyl (C=O) groups is 1. The van der Waals surface area contributed by atoms with Gasteiger partial charge < -0.3 is 10.4 Å². The molecule has 0 bridgehead atoms. The molecule has 6 heteroatoms. The Morgan fingerprint density at radius 2 is 2.06 bits per heavy atom. The molecule has 1 heterocycles. The zero-order chi connectivity index (χ0) is 13.1. The van der Waals surface area contributed by atoms with E-state index in [-0.39, 0.29) is 24.3 Å². The molecular weight excluding hydrogens is 242 g/mol. The SMILES string of the molecule is CC(C)[C@@H](CO)NC(=O)C1CCCCS1(=O)=O. The first-order valence-electron chi connectivity index (χ1n) is 6.01. The summed E-state index contributed by atoms with van der Waals surface area (Å²) in [5, 5.41) is 10.8. The third-order valence-electron chi connectivity index (χ3n) is 3.20. The number of hydrogen-bond acceptors (Lipinski definition) is 4. The molecule has 0 aromatic carbocycles. The number of aliphatic hydroxyl groups excluding tert-OH is 1. The molecule has 0 aromatic rings. The third kappa shape index (κ3) is 3.67. The lowest BCUT2D eigenvalue weighted by Crippen LogP contribution is -2.49. The topological polar surface area (TPSA) is 83.5 Å². The molecule has 1 aliphatic heterocycles. The van der Waals surface area contributed by atoms with Gasteiger partial charge in [0.1, 0.15) is 5.25 Å². The van der Waals surface area contributed by atoms with E-state index in [0.717, 1.165) is 6.42 Å². The molecule has 0 saturated carbocycles. The number of aliphatic hydroxyl groups is 1. The van der Waals surface area contributed by atoms with Crippen molar-refractivity contribution in [3.8, 4) is 0 Å². The smallest absolute Gasteiger partial charge is 0.238 e. The number of rotatable bonds is 4. The minimum Gasteiger partial charge on any atom is -0.394 e. The minimum atomic E-state index is -3.30. The molecular formula is C11H21NO4S. The van der Waals surface area contributed by atoms with E-state index in [1.807, 2.05) is 13.8 Å². The Kier molecular flexibility index (Phi) is 4.94. The summed E-state index contributed by atoms with van der Waals surface area (Å²) in [5.74, 6) is -0.288. The highest BCUT2D eigenvalue weighted by molar-refractivity contribution is 7.92. The van der Waals surface area contributed by atoms with Crippen LogP contribution in [0.25, 0.3) is 0 Å². The van der Waals surface area contributed by atoms with Crippen LogP contribution in [0.2, 0.25) is 0 Å². The Morgan fingerprint density at radius 3 is 2.53 bits per heavy atom. The van der Waals surface area contributed by atoms with Crippen LogP contribution in [-0.2, 0) is 14.6 Å². The van der Waals surface area contributed by atoms with Crippen molar-refractivity contribution in [1.82, 2.24) is 5.32 Å². The Bertz CT molecular complexity index is 364. The Labute approximate surface area is 103 Å². The zero-order valence-corrected chi connectivity index (χ0v) is 11.2. The van der Waals surface area contributed by atoms with Gasteiger partial charge in [-0.15, -0.1) is 0 Å². The van der Waals surface area contributed by atoms with Crippen molar-refractivity contribution in [2.24, 2.45) is 5.92 Å². The van der Waals surface area contributed by atoms with Gasteiger partial charge in [0.25, 0.3) is 0 Å². The van der Waals surface area contributed by atoms with E-state index in [1.54, 1.807) is 0 Å². The fourth-order valence-electron chi connectivity index (χ4n) is 1.95. The average molecular weight is 263 g/mol. The molecule has 2 N–H and O–H groups in total. The van der Waals surface area contributed by atoms with Crippen LogP contribution >= 0.6 is 0 Å². The fourth-order valence-corrected chi connectivity index (χ4v) is 3.76. The number of amides is 1. The van der Waals surface area contributed by atoms with Gasteiger partial charge in [0, 0.05) is 0 Å². The van der Waals surface area contributed by atoms with Crippen molar-refractivity contribution in [3.63, 3.8) is 0 Å². The third-order valence-corrected chi connectivity index (χ3v) is 5.37. The van der Waals surface area contributed by atoms with Gasteiger partial charge in [-0.3, -0.25) is 4.79 Å². The first-order valence-corrected chi connectivity index (χ1v) is 7.73. The zero-order valence-electron chi connectivity index (χ0n) is 10.3. The molecule has 1 saturated heterocycles. The van der Waals surface area contributed by atoms with Gasteiger partial charge in [-0.1, -0.05) is 20.3 Å². The van der Waals surface area contributed by atoms with Gasteiger partial charge in [-0.25, -0.2) is 8.42 Å². The van der Waals surface area contributed by atoms with Gasteiger partial charge in [0.15, 0.2) is 9.84 Å². The van der Waals surface area contributed by atoms with Crippen molar-refractivity contribution in [3.05, 3.63) is 0 Å². The Hall–Kier alpha value is -0.620. The summed E-state index contributed by atoms with van der Waals surface area (Å²) in [5.41, 5.74) is 0. The maximum absolute atomic E-state index is 11.9. The Balaban J connectivity index is 2.69.